The third-order valence-electron chi connectivity index (χ3n) is 3.79. The molecule has 1 aromatic heterocycles. The van der Waals surface area contributed by atoms with Gasteiger partial charge in [-0.15, -0.1) is 10.2 Å². The number of benzene rings is 2. The van der Waals surface area contributed by atoms with Crippen molar-refractivity contribution in [2.24, 2.45) is 0 Å². The van der Waals surface area contributed by atoms with E-state index in [-0.39, 0.29) is 6.54 Å². The van der Waals surface area contributed by atoms with Crippen molar-refractivity contribution in [3.63, 3.8) is 0 Å². The molecule has 0 saturated carbocycles. The van der Waals surface area contributed by atoms with Crippen molar-refractivity contribution in [1.29, 1.82) is 0 Å². The maximum absolute atomic E-state index is 10.3. The minimum atomic E-state index is -0.721. The predicted molar refractivity (Wildman–Crippen MR) is 89.8 cm³/mol. The number of hydrogen-bond acceptors (Lipinski definition) is 5. The number of nitrogens with zero attached hydrogens (tertiary/aromatic N) is 4. The van der Waals surface area contributed by atoms with Crippen LogP contribution < -0.4 is 4.74 Å². The average molecular weight is 324 g/mol. The molecule has 24 heavy (non-hydrogen) atoms. The molecule has 124 valence electrons. The number of aromatic nitrogens is 4. The molecular formula is C18H20N4O2. The minimum absolute atomic E-state index is 0.244. The summed E-state index contributed by atoms with van der Waals surface area (Å²) in [6.45, 7) is 2.30. The van der Waals surface area contributed by atoms with Crippen LogP contribution in [0.2, 0.25) is 0 Å². The molecule has 3 aromatic rings. The second-order valence-corrected chi connectivity index (χ2v) is 5.72. The van der Waals surface area contributed by atoms with Gasteiger partial charge in [0.25, 0.3) is 0 Å². The van der Waals surface area contributed by atoms with Crippen molar-refractivity contribution in [2.45, 2.75) is 26.0 Å². The Morgan fingerprint density at radius 1 is 1.17 bits per heavy atom. The van der Waals surface area contributed by atoms with Gasteiger partial charge in [0.2, 0.25) is 0 Å². The van der Waals surface area contributed by atoms with Crippen LogP contribution in [0, 0.1) is 6.92 Å². The number of aliphatic hydroxyl groups excluding tert-OH is 1. The first-order chi connectivity index (χ1) is 11.6. The van der Waals surface area contributed by atoms with Gasteiger partial charge < -0.3 is 9.84 Å². The molecule has 0 amide bonds. The van der Waals surface area contributed by atoms with Gasteiger partial charge in [0.15, 0.2) is 5.82 Å². The summed E-state index contributed by atoms with van der Waals surface area (Å²) in [5.74, 6) is 1.34. The molecule has 0 aliphatic carbocycles. The lowest BCUT2D eigenvalue weighted by Gasteiger charge is -2.10. The van der Waals surface area contributed by atoms with Crippen molar-refractivity contribution >= 4 is 0 Å². The highest BCUT2D eigenvalue weighted by molar-refractivity contribution is 5.29. The van der Waals surface area contributed by atoms with Gasteiger partial charge in [-0.1, -0.05) is 42.0 Å². The molecule has 1 heterocycles. The monoisotopic (exact) mass is 324 g/mol. The Morgan fingerprint density at radius 3 is 2.71 bits per heavy atom. The Balaban J connectivity index is 1.65. The van der Waals surface area contributed by atoms with Crippen LogP contribution in [0.3, 0.4) is 0 Å². The van der Waals surface area contributed by atoms with E-state index in [2.05, 4.69) is 46.6 Å². The Bertz CT molecular complexity index is 799. The van der Waals surface area contributed by atoms with Crippen LogP contribution in [0.1, 0.15) is 28.6 Å². The van der Waals surface area contributed by atoms with E-state index in [0.29, 0.717) is 18.0 Å². The molecule has 1 atom stereocenters. The molecule has 0 fully saturated rings. The molecule has 6 heteroatoms. The van der Waals surface area contributed by atoms with E-state index in [4.69, 9.17) is 4.74 Å². The molecule has 3 rings (SSSR count). The fourth-order valence-corrected chi connectivity index (χ4v) is 2.42. The second-order valence-electron chi connectivity index (χ2n) is 5.72. The van der Waals surface area contributed by atoms with Crippen LogP contribution in [0.15, 0.2) is 48.5 Å². The number of aryl methyl sites for hydroxylation is 1. The van der Waals surface area contributed by atoms with E-state index in [9.17, 15) is 5.11 Å². The molecule has 0 spiro atoms. The zero-order valence-corrected chi connectivity index (χ0v) is 13.8. The van der Waals surface area contributed by atoms with E-state index in [1.807, 2.05) is 18.2 Å². The molecule has 0 bridgehead atoms. The Kier molecular flexibility index (Phi) is 4.86. The summed E-state index contributed by atoms with van der Waals surface area (Å²) in [6.07, 6.45) is -0.100. The van der Waals surface area contributed by atoms with E-state index in [1.165, 1.54) is 10.4 Å². The van der Waals surface area contributed by atoms with Crippen LogP contribution in [0.4, 0.5) is 0 Å². The maximum atomic E-state index is 10.3. The standard InChI is InChI=1S/C18H20N4O2/c1-13-6-8-14(9-7-13)10-18-19-21-22(20-18)12-17(23)15-4-3-5-16(11-15)24-2/h3-9,11,17,23H,10,12H2,1-2H3/t17-/m1/s1. The summed E-state index contributed by atoms with van der Waals surface area (Å²) in [4.78, 5) is 1.42. The number of rotatable bonds is 6. The summed E-state index contributed by atoms with van der Waals surface area (Å²) in [7, 11) is 1.60. The SMILES string of the molecule is COc1cccc([C@H](O)Cn2nnc(Cc3ccc(C)cc3)n2)c1. The van der Waals surface area contributed by atoms with Crippen LogP contribution in [0.5, 0.6) is 5.75 Å². The number of ether oxygens (including phenoxy) is 1. The zero-order valence-electron chi connectivity index (χ0n) is 13.8. The fourth-order valence-electron chi connectivity index (χ4n) is 2.42. The topological polar surface area (TPSA) is 73.1 Å². The van der Waals surface area contributed by atoms with Crippen LogP contribution >= 0.6 is 0 Å². The first-order valence-corrected chi connectivity index (χ1v) is 7.78. The van der Waals surface area contributed by atoms with Gasteiger partial charge in [-0.3, -0.25) is 0 Å². The van der Waals surface area contributed by atoms with E-state index in [0.717, 1.165) is 11.1 Å². The smallest absolute Gasteiger partial charge is 0.179 e. The summed E-state index contributed by atoms with van der Waals surface area (Å²) >= 11 is 0. The number of aliphatic hydroxyl groups is 1. The lowest BCUT2D eigenvalue weighted by atomic mass is 10.1. The number of tetrazole rings is 1. The largest absolute Gasteiger partial charge is 0.497 e. The van der Waals surface area contributed by atoms with Gasteiger partial charge in [-0.05, 0) is 35.4 Å². The van der Waals surface area contributed by atoms with Crippen LogP contribution in [0.25, 0.3) is 0 Å². The highest BCUT2D eigenvalue weighted by Gasteiger charge is 2.12. The van der Waals surface area contributed by atoms with E-state index < -0.39 is 6.10 Å². The number of methoxy groups -OCH3 is 1. The first-order valence-electron chi connectivity index (χ1n) is 7.78. The van der Waals surface area contributed by atoms with Gasteiger partial charge in [0.1, 0.15) is 11.9 Å². The Hall–Kier alpha value is -2.73. The van der Waals surface area contributed by atoms with Crippen molar-refractivity contribution in [1.82, 2.24) is 20.2 Å². The molecule has 0 aliphatic rings. The van der Waals surface area contributed by atoms with E-state index >= 15 is 0 Å². The van der Waals surface area contributed by atoms with Crippen molar-refractivity contribution in [3.8, 4) is 5.75 Å². The quantitative estimate of drug-likeness (QED) is 0.753. The Morgan fingerprint density at radius 2 is 1.96 bits per heavy atom. The second kappa shape index (κ2) is 7.23. The Labute approximate surface area is 140 Å². The van der Waals surface area contributed by atoms with Crippen LogP contribution in [-0.4, -0.2) is 32.4 Å². The molecule has 0 saturated heterocycles. The molecule has 6 nitrogen and oxygen atoms in total. The van der Waals surface area contributed by atoms with Gasteiger partial charge in [-0.2, -0.15) is 4.80 Å². The van der Waals surface area contributed by atoms with Gasteiger partial charge >= 0.3 is 0 Å². The van der Waals surface area contributed by atoms with Crippen LogP contribution in [-0.2, 0) is 13.0 Å². The summed E-state index contributed by atoms with van der Waals surface area (Å²) in [5, 5.41) is 22.8. The molecular weight excluding hydrogens is 304 g/mol. The highest BCUT2D eigenvalue weighted by atomic mass is 16.5. The predicted octanol–water partition coefficient (Wildman–Crippen LogP) is 2.31. The summed E-state index contributed by atoms with van der Waals surface area (Å²) in [6, 6.07) is 15.6. The normalized spacial score (nSPS) is 12.1. The fraction of sp³-hybridized carbons (Fsp3) is 0.278. The van der Waals surface area contributed by atoms with Crippen molar-refractivity contribution < 1.29 is 9.84 Å². The van der Waals surface area contributed by atoms with Crippen molar-refractivity contribution in [2.75, 3.05) is 7.11 Å². The zero-order chi connectivity index (χ0) is 16.9. The van der Waals surface area contributed by atoms with Gasteiger partial charge in [-0.25, -0.2) is 0 Å². The van der Waals surface area contributed by atoms with Gasteiger partial charge in [0.05, 0.1) is 13.7 Å². The summed E-state index contributed by atoms with van der Waals surface area (Å²) in [5.41, 5.74) is 3.11. The molecule has 1 N–H and O–H groups in total. The van der Waals surface area contributed by atoms with Crippen molar-refractivity contribution in [3.05, 3.63) is 71.0 Å². The summed E-state index contributed by atoms with van der Waals surface area (Å²) < 4.78 is 5.17. The third kappa shape index (κ3) is 3.97. The lowest BCUT2D eigenvalue weighted by Crippen LogP contribution is -2.12. The molecule has 0 aliphatic heterocycles. The average Bonchev–Trinajstić information content (AvgIpc) is 3.04. The highest BCUT2D eigenvalue weighted by Crippen LogP contribution is 2.20. The molecule has 0 radical (unpaired) electrons. The van der Waals surface area contributed by atoms with Gasteiger partial charge in [0, 0.05) is 6.42 Å². The maximum Gasteiger partial charge on any atom is 0.179 e. The first kappa shape index (κ1) is 16.1. The number of hydrogen-bond donors (Lipinski definition) is 1. The molecule has 0 unspecified atom stereocenters. The van der Waals surface area contributed by atoms with E-state index in [1.54, 1.807) is 13.2 Å². The lowest BCUT2D eigenvalue weighted by molar-refractivity contribution is 0.144. The molecule has 2 aromatic carbocycles. The third-order valence-corrected chi connectivity index (χ3v) is 3.79. The minimum Gasteiger partial charge on any atom is -0.497 e.